The van der Waals surface area contributed by atoms with Gasteiger partial charge in [0.15, 0.2) is 0 Å². The van der Waals surface area contributed by atoms with Crippen LogP contribution < -0.4 is 5.73 Å². The number of aliphatic hydroxyl groups is 2. The maximum atomic E-state index is 10.3. The van der Waals surface area contributed by atoms with Gasteiger partial charge in [-0.2, -0.15) is 0 Å². The molecule has 0 aromatic heterocycles. The summed E-state index contributed by atoms with van der Waals surface area (Å²) in [5.74, 6) is 0.266. The Bertz CT molecular complexity index is 138. The fourth-order valence-corrected chi connectivity index (χ4v) is 1.60. The summed E-state index contributed by atoms with van der Waals surface area (Å²) in [6.07, 6.45) is -0.242. The van der Waals surface area contributed by atoms with Crippen LogP contribution >= 0.6 is 0 Å². The van der Waals surface area contributed by atoms with Crippen LogP contribution in [-0.2, 0) is 0 Å². The van der Waals surface area contributed by atoms with Crippen LogP contribution in [0, 0.1) is 11.8 Å². The van der Waals surface area contributed by atoms with E-state index in [1.807, 2.05) is 27.7 Å². The fraction of sp³-hybridized carbons (Fsp3) is 1.00. The molecule has 0 aliphatic carbocycles. The number of hydrogen-bond donors (Lipinski definition) is 3. The molecule has 80 valence electrons. The van der Waals surface area contributed by atoms with E-state index >= 15 is 0 Å². The molecule has 0 rings (SSSR count). The Morgan fingerprint density at radius 3 is 1.77 bits per heavy atom. The Labute approximate surface area is 81.0 Å². The molecule has 1 atom stereocenters. The average molecular weight is 189 g/mol. The summed E-state index contributed by atoms with van der Waals surface area (Å²) in [5.41, 5.74) is 4.51. The van der Waals surface area contributed by atoms with Gasteiger partial charge in [0.05, 0.1) is 11.7 Å². The molecule has 0 fully saturated rings. The van der Waals surface area contributed by atoms with Gasteiger partial charge in [0.25, 0.3) is 0 Å². The molecular weight excluding hydrogens is 166 g/mol. The Morgan fingerprint density at radius 2 is 1.54 bits per heavy atom. The molecule has 0 aliphatic heterocycles. The standard InChI is InChI=1S/C10H23NO2/c1-7(2)10(13,8(3)4)5-9(12)6-11/h7-9,12-13H,5-6,11H2,1-4H3/t9-/m1/s1. The second-order valence-electron chi connectivity index (χ2n) is 4.39. The van der Waals surface area contributed by atoms with Crippen LogP contribution in [0.25, 0.3) is 0 Å². The van der Waals surface area contributed by atoms with Crippen molar-refractivity contribution in [1.29, 1.82) is 0 Å². The maximum absolute atomic E-state index is 10.3. The fourth-order valence-electron chi connectivity index (χ4n) is 1.60. The van der Waals surface area contributed by atoms with Crippen molar-refractivity contribution in [3.63, 3.8) is 0 Å². The zero-order chi connectivity index (χ0) is 10.6. The molecule has 0 aromatic carbocycles. The first-order valence-electron chi connectivity index (χ1n) is 4.95. The molecule has 0 bridgehead atoms. The van der Waals surface area contributed by atoms with E-state index in [1.54, 1.807) is 0 Å². The van der Waals surface area contributed by atoms with Gasteiger partial charge < -0.3 is 15.9 Å². The van der Waals surface area contributed by atoms with Crippen molar-refractivity contribution in [2.75, 3.05) is 6.54 Å². The summed E-state index contributed by atoms with van der Waals surface area (Å²) in [5, 5.41) is 19.7. The molecule has 0 radical (unpaired) electrons. The van der Waals surface area contributed by atoms with E-state index in [-0.39, 0.29) is 18.4 Å². The van der Waals surface area contributed by atoms with E-state index in [2.05, 4.69) is 0 Å². The third-order valence-corrected chi connectivity index (χ3v) is 2.83. The molecule has 13 heavy (non-hydrogen) atoms. The Balaban J connectivity index is 4.42. The zero-order valence-electron chi connectivity index (χ0n) is 9.12. The summed E-state index contributed by atoms with van der Waals surface area (Å²) in [4.78, 5) is 0. The second kappa shape index (κ2) is 4.94. The Morgan fingerprint density at radius 1 is 1.15 bits per heavy atom. The van der Waals surface area contributed by atoms with Crippen LogP contribution in [0.15, 0.2) is 0 Å². The molecule has 0 saturated heterocycles. The minimum Gasteiger partial charge on any atom is -0.392 e. The first-order chi connectivity index (χ1) is 5.84. The van der Waals surface area contributed by atoms with Crippen molar-refractivity contribution >= 4 is 0 Å². The SMILES string of the molecule is CC(C)C(O)(C[C@@H](O)CN)C(C)C. The molecule has 0 heterocycles. The molecule has 3 heteroatoms. The van der Waals surface area contributed by atoms with Gasteiger partial charge in [0.1, 0.15) is 0 Å². The molecule has 3 nitrogen and oxygen atoms in total. The van der Waals surface area contributed by atoms with Gasteiger partial charge in [0, 0.05) is 13.0 Å². The molecule has 0 aliphatic rings. The van der Waals surface area contributed by atoms with Crippen molar-refractivity contribution in [3.05, 3.63) is 0 Å². The minimum atomic E-state index is -0.807. The van der Waals surface area contributed by atoms with E-state index in [0.29, 0.717) is 6.42 Å². The van der Waals surface area contributed by atoms with E-state index in [9.17, 15) is 10.2 Å². The molecule has 0 aromatic rings. The van der Waals surface area contributed by atoms with Crippen molar-refractivity contribution in [2.45, 2.75) is 45.8 Å². The maximum Gasteiger partial charge on any atom is 0.0718 e. The average Bonchev–Trinajstić information content (AvgIpc) is 2.03. The quantitative estimate of drug-likeness (QED) is 0.597. The van der Waals surface area contributed by atoms with Gasteiger partial charge in [-0.15, -0.1) is 0 Å². The van der Waals surface area contributed by atoms with Crippen molar-refractivity contribution < 1.29 is 10.2 Å². The summed E-state index contributed by atoms with van der Waals surface area (Å²) in [6.45, 7) is 8.06. The predicted molar refractivity (Wildman–Crippen MR) is 54.3 cm³/mol. The topological polar surface area (TPSA) is 66.5 Å². The van der Waals surface area contributed by atoms with Gasteiger partial charge >= 0.3 is 0 Å². The third kappa shape index (κ3) is 3.25. The van der Waals surface area contributed by atoms with Gasteiger partial charge in [-0.1, -0.05) is 27.7 Å². The van der Waals surface area contributed by atoms with Crippen LogP contribution in [0.5, 0.6) is 0 Å². The number of aliphatic hydroxyl groups excluding tert-OH is 1. The molecule has 0 saturated carbocycles. The van der Waals surface area contributed by atoms with E-state index in [4.69, 9.17) is 5.73 Å². The highest BCUT2D eigenvalue weighted by molar-refractivity contribution is 4.87. The molecule has 0 unspecified atom stereocenters. The van der Waals surface area contributed by atoms with Crippen LogP contribution in [0.4, 0.5) is 0 Å². The summed E-state index contributed by atoms with van der Waals surface area (Å²) >= 11 is 0. The lowest BCUT2D eigenvalue weighted by Crippen LogP contribution is -2.45. The molecular formula is C10H23NO2. The molecule has 0 amide bonds. The van der Waals surface area contributed by atoms with Crippen LogP contribution in [0.1, 0.15) is 34.1 Å². The minimum absolute atomic E-state index is 0.133. The van der Waals surface area contributed by atoms with Crippen LogP contribution in [0.3, 0.4) is 0 Å². The highest BCUT2D eigenvalue weighted by Crippen LogP contribution is 2.30. The first kappa shape index (κ1) is 12.9. The van der Waals surface area contributed by atoms with E-state index < -0.39 is 11.7 Å². The first-order valence-corrected chi connectivity index (χ1v) is 4.95. The Kier molecular flexibility index (Phi) is 4.89. The number of rotatable bonds is 5. The third-order valence-electron chi connectivity index (χ3n) is 2.83. The number of hydrogen-bond acceptors (Lipinski definition) is 3. The van der Waals surface area contributed by atoms with Crippen molar-refractivity contribution in [1.82, 2.24) is 0 Å². The largest absolute Gasteiger partial charge is 0.392 e. The smallest absolute Gasteiger partial charge is 0.0718 e. The molecule has 4 N–H and O–H groups in total. The van der Waals surface area contributed by atoms with Crippen molar-refractivity contribution in [3.8, 4) is 0 Å². The molecule has 0 spiro atoms. The van der Waals surface area contributed by atoms with Gasteiger partial charge in [-0.05, 0) is 11.8 Å². The lowest BCUT2D eigenvalue weighted by atomic mass is 9.76. The van der Waals surface area contributed by atoms with Crippen LogP contribution in [0.2, 0.25) is 0 Å². The monoisotopic (exact) mass is 189 g/mol. The second-order valence-corrected chi connectivity index (χ2v) is 4.39. The summed E-state index contributed by atoms with van der Waals surface area (Å²) in [6, 6.07) is 0. The van der Waals surface area contributed by atoms with Gasteiger partial charge in [-0.3, -0.25) is 0 Å². The van der Waals surface area contributed by atoms with Gasteiger partial charge in [-0.25, -0.2) is 0 Å². The highest BCUT2D eigenvalue weighted by atomic mass is 16.3. The lowest BCUT2D eigenvalue weighted by Gasteiger charge is -2.37. The zero-order valence-corrected chi connectivity index (χ0v) is 9.12. The normalized spacial score (nSPS) is 15.5. The van der Waals surface area contributed by atoms with E-state index in [0.717, 1.165) is 0 Å². The summed E-state index contributed by atoms with van der Waals surface area (Å²) < 4.78 is 0. The number of nitrogens with two attached hydrogens (primary N) is 1. The summed E-state index contributed by atoms with van der Waals surface area (Å²) in [7, 11) is 0. The van der Waals surface area contributed by atoms with Gasteiger partial charge in [0.2, 0.25) is 0 Å². The van der Waals surface area contributed by atoms with E-state index in [1.165, 1.54) is 0 Å². The highest BCUT2D eigenvalue weighted by Gasteiger charge is 2.36. The lowest BCUT2D eigenvalue weighted by molar-refractivity contribution is -0.0785. The Hall–Kier alpha value is -0.120. The van der Waals surface area contributed by atoms with Crippen LogP contribution in [-0.4, -0.2) is 28.5 Å². The van der Waals surface area contributed by atoms with Crippen molar-refractivity contribution in [2.24, 2.45) is 17.6 Å². The predicted octanol–water partition coefficient (Wildman–Crippen LogP) is 0.739.